The highest BCUT2D eigenvalue weighted by molar-refractivity contribution is 5.40. The molecule has 0 saturated heterocycles. The quantitative estimate of drug-likeness (QED) is 0.579. The molecule has 0 fully saturated rings. The van der Waals surface area contributed by atoms with E-state index in [0.717, 1.165) is 16.7 Å². The Kier molecular flexibility index (Phi) is 4.09. The summed E-state index contributed by atoms with van der Waals surface area (Å²) in [6.45, 7) is 1.85. The van der Waals surface area contributed by atoms with Crippen LogP contribution < -0.4 is 17.0 Å². The highest BCUT2D eigenvalue weighted by atomic mass is 19.1. The van der Waals surface area contributed by atoms with Gasteiger partial charge in [0.15, 0.2) is 0 Å². The molecule has 1 heterocycles. The van der Waals surface area contributed by atoms with Crippen LogP contribution in [0.15, 0.2) is 36.5 Å². The second-order valence-corrected chi connectivity index (χ2v) is 4.53. The van der Waals surface area contributed by atoms with Crippen LogP contribution in [0.4, 0.5) is 10.2 Å². The van der Waals surface area contributed by atoms with E-state index in [4.69, 9.17) is 11.6 Å². The molecule has 2 rings (SSSR count). The van der Waals surface area contributed by atoms with Gasteiger partial charge < -0.3 is 5.73 Å². The summed E-state index contributed by atoms with van der Waals surface area (Å²) >= 11 is 0. The molecule has 0 bridgehead atoms. The van der Waals surface area contributed by atoms with Gasteiger partial charge in [0.05, 0.1) is 6.04 Å². The zero-order valence-corrected chi connectivity index (χ0v) is 10.7. The molecular weight excluding hydrogens is 243 g/mol. The molecule has 0 aliphatic rings. The zero-order valence-electron chi connectivity index (χ0n) is 10.7. The maximum atomic E-state index is 13.4. The van der Waals surface area contributed by atoms with Gasteiger partial charge in [-0.1, -0.05) is 12.1 Å². The number of benzene rings is 1. The van der Waals surface area contributed by atoms with Crippen molar-refractivity contribution in [3.05, 3.63) is 59.0 Å². The van der Waals surface area contributed by atoms with Crippen LogP contribution in [0.1, 0.15) is 22.7 Å². The highest BCUT2D eigenvalue weighted by Crippen LogP contribution is 2.22. The number of aromatic nitrogens is 1. The Morgan fingerprint density at radius 3 is 2.79 bits per heavy atom. The Balaban J connectivity index is 2.28. The van der Waals surface area contributed by atoms with Crippen LogP contribution in [0.5, 0.6) is 0 Å². The molecule has 4 nitrogen and oxygen atoms in total. The van der Waals surface area contributed by atoms with Crippen molar-refractivity contribution in [1.29, 1.82) is 0 Å². The highest BCUT2D eigenvalue weighted by Gasteiger charge is 2.13. The number of nitrogens with zero attached hydrogens (tertiary/aromatic N) is 1. The number of hydrazine groups is 1. The van der Waals surface area contributed by atoms with Gasteiger partial charge in [0.2, 0.25) is 0 Å². The molecule has 0 radical (unpaired) electrons. The summed E-state index contributed by atoms with van der Waals surface area (Å²) in [5.41, 5.74) is 11.0. The van der Waals surface area contributed by atoms with Crippen LogP contribution in [0.25, 0.3) is 0 Å². The Bertz CT molecular complexity index is 551. The summed E-state index contributed by atoms with van der Waals surface area (Å²) in [6, 6.07) is 8.36. The SMILES string of the molecule is Cc1cc(F)cc(C(Cc2cccnc2N)NN)c1. The number of nitrogen functional groups attached to an aromatic ring is 1. The van der Waals surface area contributed by atoms with Crippen molar-refractivity contribution in [3.63, 3.8) is 0 Å². The van der Waals surface area contributed by atoms with Crippen LogP contribution in [-0.2, 0) is 6.42 Å². The Morgan fingerprint density at radius 1 is 1.37 bits per heavy atom. The average Bonchev–Trinajstić information content (AvgIpc) is 2.36. The summed E-state index contributed by atoms with van der Waals surface area (Å²) in [4.78, 5) is 4.03. The third-order valence-corrected chi connectivity index (χ3v) is 3.02. The fourth-order valence-electron chi connectivity index (χ4n) is 2.08. The molecule has 5 heteroatoms. The van der Waals surface area contributed by atoms with Gasteiger partial charge in [-0.3, -0.25) is 11.3 Å². The third-order valence-electron chi connectivity index (χ3n) is 3.02. The first-order valence-corrected chi connectivity index (χ1v) is 6.02. The Hall–Kier alpha value is -1.98. The number of rotatable bonds is 4. The van der Waals surface area contributed by atoms with Crippen LogP contribution in [0.3, 0.4) is 0 Å². The molecule has 1 atom stereocenters. The van der Waals surface area contributed by atoms with E-state index in [1.807, 2.05) is 25.1 Å². The van der Waals surface area contributed by atoms with E-state index in [1.165, 1.54) is 12.1 Å². The van der Waals surface area contributed by atoms with Crippen molar-refractivity contribution in [1.82, 2.24) is 10.4 Å². The van der Waals surface area contributed by atoms with Crippen LogP contribution in [0, 0.1) is 12.7 Å². The Morgan fingerprint density at radius 2 is 2.16 bits per heavy atom. The summed E-state index contributed by atoms with van der Waals surface area (Å²) in [5.74, 6) is 5.77. The van der Waals surface area contributed by atoms with E-state index in [1.54, 1.807) is 6.20 Å². The number of halogens is 1. The fraction of sp³-hybridized carbons (Fsp3) is 0.214. The Labute approximate surface area is 111 Å². The maximum absolute atomic E-state index is 13.4. The lowest BCUT2D eigenvalue weighted by atomic mass is 9.98. The second-order valence-electron chi connectivity index (χ2n) is 4.53. The molecule has 0 aliphatic heterocycles. The van der Waals surface area contributed by atoms with Crippen molar-refractivity contribution < 1.29 is 4.39 Å². The second kappa shape index (κ2) is 5.77. The molecule has 0 aliphatic carbocycles. The number of pyridine rings is 1. The van der Waals surface area contributed by atoms with Crippen LogP contribution in [0.2, 0.25) is 0 Å². The fourth-order valence-corrected chi connectivity index (χ4v) is 2.08. The molecule has 2 aromatic rings. The molecule has 1 aromatic carbocycles. The predicted octanol–water partition coefficient (Wildman–Crippen LogP) is 1.86. The number of nitrogens with one attached hydrogen (secondary N) is 1. The maximum Gasteiger partial charge on any atom is 0.126 e. The molecular formula is C14H17FN4. The van der Waals surface area contributed by atoms with Gasteiger partial charge in [0, 0.05) is 6.20 Å². The molecule has 1 aromatic heterocycles. The monoisotopic (exact) mass is 260 g/mol. The molecule has 1 unspecified atom stereocenters. The van der Waals surface area contributed by atoms with Crippen LogP contribution >= 0.6 is 0 Å². The molecule has 19 heavy (non-hydrogen) atoms. The van der Waals surface area contributed by atoms with Gasteiger partial charge in [-0.15, -0.1) is 0 Å². The number of nitrogens with two attached hydrogens (primary N) is 2. The van der Waals surface area contributed by atoms with E-state index >= 15 is 0 Å². The van der Waals surface area contributed by atoms with Crippen molar-refractivity contribution in [2.24, 2.45) is 5.84 Å². The number of aryl methyl sites for hydroxylation is 1. The molecule has 0 amide bonds. The molecule has 0 saturated carbocycles. The van der Waals surface area contributed by atoms with E-state index in [9.17, 15) is 4.39 Å². The van der Waals surface area contributed by atoms with E-state index in [2.05, 4.69) is 10.4 Å². The van der Waals surface area contributed by atoms with Gasteiger partial charge in [-0.2, -0.15) is 0 Å². The molecule has 0 spiro atoms. The van der Waals surface area contributed by atoms with Gasteiger partial charge in [-0.25, -0.2) is 9.37 Å². The van der Waals surface area contributed by atoms with Gasteiger partial charge in [-0.05, 0) is 48.2 Å². The smallest absolute Gasteiger partial charge is 0.126 e. The lowest BCUT2D eigenvalue weighted by Crippen LogP contribution is -2.30. The van der Waals surface area contributed by atoms with Gasteiger partial charge in [0.25, 0.3) is 0 Å². The molecule has 100 valence electrons. The standard InChI is InChI=1S/C14H17FN4/c1-9-5-11(7-12(15)6-9)13(19-17)8-10-3-2-4-18-14(10)16/h2-7,13,19H,8,17H2,1H3,(H2,16,18). The summed E-state index contributed by atoms with van der Waals surface area (Å²) < 4.78 is 13.4. The number of hydrogen-bond donors (Lipinski definition) is 3. The largest absolute Gasteiger partial charge is 0.383 e. The minimum atomic E-state index is -0.269. The van der Waals surface area contributed by atoms with Crippen molar-refractivity contribution >= 4 is 5.82 Å². The first kappa shape index (κ1) is 13.5. The van der Waals surface area contributed by atoms with Crippen LogP contribution in [-0.4, -0.2) is 4.98 Å². The lowest BCUT2D eigenvalue weighted by Gasteiger charge is -2.17. The number of hydrogen-bond acceptors (Lipinski definition) is 4. The van der Waals surface area contributed by atoms with Crippen molar-refractivity contribution in [2.75, 3.05) is 5.73 Å². The number of anilines is 1. The topological polar surface area (TPSA) is 77.0 Å². The third kappa shape index (κ3) is 3.27. The lowest BCUT2D eigenvalue weighted by molar-refractivity contribution is 0.544. The van der Waals surface area contributed by atoms with E-state index < -0.39 is 0 Å². The first-order chi connectivity index (χ1) is 9.10. The summed E-state index contributed by atoms with van der Waals surface area (Å²) in [5, 5.41) is 0. The average molecular weight is 260 g/mol. The minimum absolute atomic E-state index is 0.208. The first-order valence-electron chi connectivity index (χ1n) is 6.02. The van der Waals surface area contributed by atoms with Gasteiger partial charge >= 0.3 is 0 Å². The minimum Gasteiger partial charge on any atom is -0.383 e. The van der Waals surface area contributed by atoms with Gasteiger partial charge in [0.1, 0.15) is 11.6 Å². The summed E-state index contributed by atoms with van der Waals surface area (Å²) in [6.07, 6.45) is 2.19. The van der Waals surface area contributed by atoms with Crippen molar-refractivity contribution in [3.8, 4) is 0 Å². The van der Waals surface area contributed by atoms with E-state index in [0.29, 0.717) is 12.2 Å². The normalized spacial score (nSPS) is 12.4. The van der Waals surface area contributed by atoms with E-state index in [-0.39, 0.29) is 11.9 Å². The zero-order chi connectivity index (χ0) is 13.8. The van der Waals surface area contributed by atoms with Crippen molar-refractivity contribution in [2.45, 2.75) is 19.4 Å². The predicted molar refractivity (Wildman–Crippen MR) is 73.6 cm³/mol. The summed E-state index contributed by atoms with van der Waals surface area (Å²) in [7, 11) is 0. The molecule has 5 N–H and O–H groups in total.